The monoisotopic (exact) mass is 257 g/mol. The minimum atomic E-state index is -0.676. The summed E-state index contributed by atoms with van der Waals surface area (Å²) in [5, 5.41) is 0.289. The molecule has 0 aliphatic heterocycles. The van der Waals surface area contributed by atoms with Crippen molar-refractivity contribution < 1.29 is 4.79 Å². The molecule has 3 N–H and O–H groups in total. The van der Waals surface area contributed by atoms with Gasteiger partial charge in [0.25, 0.3) is 5.91 Å². The number of rotatable bonds is 2. The van der Waals surface area contributed by atoms with Crippen molar-refractivity contribution in [2.75, 3.05) is 0 Å². The molecule has 1 saturated carbocycles. The molecule has 19 heavy (non-hydrogen) atoms. The van der Waals surface area contributed by atoms with E-state index in [1.54, 1.807) is 12.1 Å². The maximum atomic E-state index is 12.2. The van der Waals surface area contributed by atoms with Crippen LogP contribution in [0.1, 0.15) is 47.8 Å². The van der Waals surface area contributed by atoms with E-state index in [2.05, 4.69) is 9.97 Å². The molecule has 0 aromatic carbocycles. The number of aromatic nitrogens is 2. The average Bonchev–Trinajstić information content (AvgIpc) is 2.91. The number of aromatic amines is 1. The fourth-order valence-electron chi connectivity index (χ4n) is 2.86. The van der Waals surface area contributed by atoms with E-state index in [1.165, 1.54) is 19.0 Å². The Kier molecular flexibility index (Phi) is 2.81. The number of amides is 1. The van der Waals surface area contributed by atoms with Crippen molar-refractivity contribution in [3.8, 4) is 0 Å². The summed E-state index contributed by atoms with van der Waals surface area (Å²) in [6.45, 7) is 0. The highest BCUT2D eigenvalue weighted by Gasteiger charge is 2.20. The van der Waals surface area contributed by atoms with E-state index in [9.17, 15) is 9.59 Å². The lowest BCUT2D eigenvalue weighted by Gasteiger charge is -2.11. The molecular formula is C14H15N3O2. The molecule has 0 bridgehead atoms. The molecule has 3 rings (SSSR count). The molecule has 5 nitrogen and oxygen atoms in total. The fraction of sp³-hybridized carbons (Fsp3) is 0.357. The van der Waals surface area contributed by atoms with Crippen molar-refractivity contribution in [2.24, 2.45) is 5.73 Å². The third-order valence-electron chi connectivity index (χ3n) is 3.79. The van der Waals surface area contributed by atoms with Gasteiger partial charge in [0.15, 0.2) is 5.43 Å². The summed E-state index contributed by atoms with van der Waals surface area (Å²) in [6, 6.07) is 3.30. The summed E-state index contributed by atoms with van der Waals surface area (Å²) < 4.78 is 0. The number of hydrogen-bond donors (Lipinski definition) is 2. The second-order valence-electron chi connectivity index (χ2n) is 5.02. The summed E-state index contributed by atoms with van der Waals surface area (Å²) in [5.74, 6) is -0.257. The van der Waals surface area contributed by atoms with Crippen LogP contribution >= 0.6 is 0 Å². The minimum absolute atomic E-state index is 0.0386. The predicted octanol–water partition coefficient (Wildman–Crippen LogP) is 1.68. The molecule has 2 heterocycles. The van der Waals surface area contributed by atoms with E-state index in [0.717, 1.165) is 18.5 Å². The Labute approximate surface area is 109 Å². The van der Waals surface area contributed by atoms with Gasteiger partial charge in [-0.1, -0.05) is 12.8 Å². The van der Waals surface area contributed by atoms with Gasteiger partial charge in [-0.05, 0) is 24.8 Å². The van der Waals surface area contributed by atoms with Gasteiger partial charge in [0, 0.05) is 18.0 Å². The van der Waals surface area contributed by atoms with E-state index in [-0.39, 0.29) is 16.5 Å². The van der Waals surface area contributed by atoms with Crippen molar-refractivity contribution in [1.29, 1.82) is 0 Å². The summed E-state index contributed by atoms with van der Waals surface area (Å²) in [4.78, 5) is 30.7. The molecule has 1 fully saturated rings. The van der Waals surface area contributed by atoms with Gasteiger partial charge >= 0.3 is 0 Å². The molecule has 2 aromatic rings. The highest BCUT2D eigenvalue weighted by Crippen LogP contribution is 2.33. The molecule has 1 aliphatic rings. The van der Waals surface area contributed by atoms with Crippen molar-refractivity contribution >= 4 is 16.8 Å². The van der Waals surface area contributed by atoms with Crippen LogP contribution < -0.4 is 11.2 Å². The number of nitrogens with zero attached hydrogens (tertiary/aromatic N) is 1. The van der Waals surface area contributed by atoms with Crippen molar-refractivity contribution in [3.63, 3.8) is 0 Å². The van der Waals surface area contributed by atoms with E-state index < -0.39 is 5.91 Å². The van der Waals surface area contributed by atoms with E-state index in [4.69, 9.17) is 5.73 Å². The highest BCUT2D eigenvalue weighted by atomic mass is 16.1. The SMILES string of the molecule is NC(=O)c1nccc2[nH]c(C3CCCC3)cc(=O)c12. The predicted molar refractivity (Wildman–Crippen MR) is 72.1 cm³/mol. The highest BCUT2D eigenvalue weighted by molar-refractivity contribution is 6.03. The standard InChI is InChI=1S/C14H15N3O2/c15-14(19)13-12-9(5-6-16-13)17-10(7-11(12)18)8-3-1-2-4-8/h5-8H,1-4H2,(H2,15,19)(H,17,18). The molecular weight excluding hydrogens is 242 g/mol. The first-order chi connectivity index (χ1) is 9.16. The molecule has 1 amide bonds. The Hall–Kier alpha value is -2.17. The van der Waals surface area contributed by atoms with E-state index >= 15 is 0 Å². The third-order valence-corrected chi connectivity index (χ3v) is 3.79. The molecule has 5 heteroatoms. The first-order valence-corrected chi connectivity index (χ1v) is 6.48. The lowest BCUT2D eigenvalue weighted by atomic mass is 10.0. The van der Waals surface area contributed by atoms with E-state index in [0.29, 0.717) is 11.4 Å². The quantitative estimate of drug-likeness (QED) is 0.857. The van der Waals surface area contributed by atoms with Gasteiger partial charge in [-0.25, -0.2) is 0 Å². The van der Waals surface area contributed by atoms with Crippen LogP contribution in [0, 0.1) is 0 Å². The van der Waals surface area contributed by atoms with Gasteiger partial charge in [0.2, 0.25) is 0 Å². The molecule has 0 atom stereocenters. The maximum Gasteiger partial charge on any atom is 0.268 e. The summed E-state index contributed by atoms with van der Waals surface area (Å²) in [5.41, 5.74) is 6.70. The summed E-state index contributed by atoms with van der Waals surface area (Å²) in [6.07, 6.45) is 6.11. The van der Waals surface area contributed by atoms with Crippen molar-refractivity contribution in [3.05, 3.63) is 39.9 Å². The molecule has 0 spiro atoms. The zero-order chi connectivity index (χ0) is 13.4. The molecule has 1 aliphatic carbocycles. The second-order valence-corrected chi connectivity index (χ2v) is 5.02. The van der Waals surface area contributed by atoms with Gasteiger partial charge < -0.3 is 10.7 Å². The molecule has 0 unspecified atom stereocenters. The number of H-pyrrole nitrogens is 1. The Bertz CT molecular complexity index is 699. The van der Waals surface area contributed by atoms with Crippen LogP contribution in [0.25, 0.3) is 10.9 Å². The Morgan fingerprint density at radius 1 is 1.37 bits per heavy atom. The van der Waals surface area contributed by atoms with Crippen LogP contribution in [-0.2, 0) is 0 Å². The van der Waals surface area contributed by atoms with Crippen LogP contribution in [0.4, 0.5) is 0 Å². The first kappa shape index (κ1) is 11.9. The topological polar surface area (TPSA) is 88.8 Å². The van der Waals surface area contributed by atoms with Crippen LogP contribution in [0.2, 0.25) is 0 Å². The zero-order valence-electron chi connectivity index (χ0n) is 10.5. The second kappa shape index (κ2) is 4.50. The Morgan fingerprint density at radius 3 is 2.79 bits per heavy atom. The number of primary amides is 1. The normalized spacial score (nSPS) is 16.0. The van der Waals surface area contributed by atoms with Gasteiger partial charge in [0.1, 0.15) is 5.69 Å². The number of hydrogen-bond acceptors (Lipinski definition) is 3. The molecule has 2 aromatic heterocycles. The van der Waals surface area contributed by atoms with Gasteiger partial charge in [0.05, 0.1) is 10.9 Å². The maximum absolute atomic E-state index is 12.2. The van der Waals surface area contributed by atoms with E-state index in [1.807, 2.05) is 0 Å². The molecule has 0 radical (unpaired) electrons. The first-order valence-electron chi connectivity index (χ1n) is 6.48. The molecule has 98 valence electrons. The lowest BCUT2D eigenvalue weighted by molar-refractivity contribution is 0.0997. The zero-order valence-corrected chi connectivity index (χ0v) is 10.5. The summed E-state index contributed by atoms with van der Waals surface area (Å²) >= 11 is 0. The Balaban J connectivity index is 2.22. The number of fused-ring (bicyclic) bond motifs is 1. The fourth-order valence-corrected chi connectivity index (χ4v) is 2.86. The summed E-state index contributed by atoms with van der Waals surface area (Å²) in [7, 11) is 0. The van der Waals surface area contributed by atoms with Gasteiger partial charge in [-0.15, -0.1) is 0 Å². The van der Waals surface area contributed by atoms with Crippen LogP contribution in [0.15, 0.2) is 23.1 Å². The third kappa shape index (κ3) is 2.01. The average molecular weight is 257 g/mol. The number of nitrogens with one attached hydrogen (secondary N) is 1. The largest absolute Gasteiger partial charge is 0.364 e. The van der Waals surface area contributed by atoms with Crippen LogP contribution in [0.3, 0.4) is 0 Å². The van der Waals surface area contributed by atoms with Crippen molar-refractivity contribution in [2.45, 2.75) is 31.6 Å². The van der Waals surface area contributed by atoms with Crippen molar-refractivity contribution in [1.82, 2.24) is 9.97 Å². The van der Waals surface area contributed by atoms with Gasteiger partial charge in [-0.2, -0.15) is 0 Å². The minimum Gasteiger partial charge on any atom is -0.364 e. The number of carbonyl (C=O) groups excluding carboxylic acids is 1. The van der Waals surface area contributed by atoms with Gasteiger partial charge in [-0.3, -0.25) is 14.6 Å². The number of nitrogens with two attached hydrogens (primary N) is 1. The molecule has 0 saturated heterocycles. The number of carbonyl (C=O) groups is 1. The van der Waals surface area contributed by atoms with Crippen LogP contribution in [0.5, 0.6) is 0 Å². The lowest BCUT2D eigenvalue weighted by Crippen LogP contribution is -2.18. The smallest absolute Gasteiger partial charge is 0.268 e. The Morgan fingerprint density at radius 2 is 2.11 bits per heavy atom. The number of pyridine rings is 2. The van der Waals surface area contributed by atoms with Crippen LogP contribution in [-0.4, -0.2) is 15.9 Å².